The number of likely N-dealkylation sites (tertiary alicyclic amines) is 2. The molecule has 0 aromatic carbocycles. The number of carbonyl (C=O) groups is 1. The van der Waals surface area contributed by atoms with E-state index < -0.39 is 0 Å². The Kier molecular flexibility index (Phi) is 3.97. The molecule has 2 rings (SSSR count). The summed E-state index contributed by atoms with van der Waals surface area (Å²) < 4.78 is 0. The second kappa shape index (κ2) is 5.32. The summed E-state index contributed by atoms with van der Waals surface area (Å²) in [5.41, 5.74) is 0.117. The molecule has 3 heteroatoms. The van der Waals surface area contributed by atoms with Crippen molar-refractivity contribution in [2.24, 2.45) is 0 Å². The van der Waals surface area contributed by atoms with Gasteiger partial charge in [-0.2, -0.15) is 0 Å². The standard InChI is InChI=1S/C15H24N2O/c1-4-6-14(18)17-10-5-7-15(17)8-11-16(12-9-15)13(2)3/h13H,5,7-12H2,1-3H3. The fourth-order valence-corrected chi connectivity index (χ4v) is 3.41. The van der Waals surface area contributed by atoms with Crippen LogP contribution in [-0.4, -0.2) is 46.9 Å². The van der Waals surface area contributed by atoms with Crippen LogP contribution in [0.3, 0.4) is 0 Å². The quantitative estimate of drug-likeness (QED) is 0.661. The molecular formula is C15H24N2O. The average Bonchev–Trinajstić information content (AvgIpc) is 2.73. The van der Waals surface area contributed by atoms with Crippen molar-refractivity contribution < 1.29 is 4.79 Å². The van der Waals surface area contributed by atoms with Crippen LogP contribution in [0.4, 0.5) is 0 Å². The Morgan fingerprint density at radius 2 is 1.83 bits per heavy atom. The number of hydrogen-bond donors (Lipinski definition) is 0. The Bertz CT molecular complexity index is 370. The smallest absolute Gasteiger partial charge is 0.298 e. The van der Waals surface area contributed by atoms with Crippen molar-refractivity contribution in [3.8, 4) is 11.8 Å². The van der Waals surface area contributed by atoms with Crippen molar-refractivity contribution in [1.82, 2.24) is 9.80 Å². The van der Waals surface area contributed by atoms with Crippen molar-refractivity contribution in [2.45, 2.75) is 58.0 Å². The van der Waals surface area contributed by atoms with Gasteiger partial charge in [-0.15, -0.1) is 0 Å². The number of carbonyl (C=O) groups excluding carboxylic acids is 1. The monoisotopic (exact) mass is 248 g/mol. The zero-order valence-electron chi connectivity index (χ0n) is 11.8. The first-order valence-electron chi connectivity index (χ1n) is 7.07. The summed E-state index contributed by atoms with van der Waals surface area (Å²) >= 11 is 0. The van der Waals surface area contributed by atoms with Crippen molar-refractivity contribution >= 4 is 5.91 Å². The third-order valence-electron chi connectivity index (χ3n) is 4.53. The molecule has 0 saturated carbocycles. The van der Waals surface area contributed by atoms with Crippen LogP contribution in [0, 0.1) is 11.8 Å². The van der Waals surface area contributed by atoms with E-state index in [1.807, 2.05) is 0 Å². The molecule has 1 amide bonds. The summed E-state index contributed by atoms with van der Waals surface area (Å²) in [7, 11) is 0. The van der Waals surface area contributed by atoms with Crippen molar-refractivity contribution in [3.05, 3.63) is 0 Å². The molecule has 0 unspecified atom stereocenters. The van der Waals surface area contributed by atoms with Crippen LogP contribution >= 0.6 is 0 Å². The first-order valence-corrected chi connectivity index (χ1v) is 7.07. The molecule has 0 atom stereocenters. The molecule has 0 N–H and O–H groups in total. The maximum absolute atomic E-state index is 12.1. The van der Waals surface area contributed by atoms with Gasteiger partial charge in [-0.1, -0.05) is 5.92 Å². The molecule has 0 aliphatic carbocycles. The molecule has 18 heavy (non-hydrogen) atoms. The lowest BCUT2D eigenvalue weighted by Crippen LogP contribution is -2.54. The van der Waals surface area contributed by atoms with Crippen molar-refractivity contribution in [2.75, 3.05) is 19.6 Å². The van der Waals surface area contributed by atoms with Gasteiger partial charge in [0.25, 0.3) is 5.91 Å². The fourth-order valence-electron chi connectivity index (χ4n) is 3.41. The molecular weight excluding hydrogens is 224 g/mol. The summed E-state index contributed by atoms with van der Waals surface area (Å²) in [6.07, 6.45) is 4.53. The largest absolute Gasteiger partial charge is 0.326 e. The summed E-state index contributed by atoms with van der Waals surface area (Å²) in [6, 6.07) is 0.614. The van der Waals surface area contributed by atoms with Crippen molar-refractivity contribution in [3.63, 3.8) is 0 Å². The molecule has 100 valence electrons. The highest BCUT2D eigenvalue weighted by Crippen LogP contribution is 2.38. The molecule has 2 aliphatic heterocycles. The highest BCUT2D eigenvalue weighted by atomic mass is 16.2. The van der Waals surface area contributed by atoms with Gasteiger partial charge in [0.1, 0.15) is 0 Å². The molecule has 0 aromatic heterocycles. The Balaban J connectivity index is 2.07. The van der Waals surface area contributed by atoms with E-state index in [2.05, 4.69) is 35.5 Å². The predicted molar refractivity (Wildman–Crippen MR) is 73.1 cm³/mol. The summed E-state index contributed by atoms with van der Waals surface area (Å²) in [6.45, 7) is 9.36. The van der Waals surface area contributed by atoms with Gasteiger partial charge in [0.05, 0.1) is 0 Å². The minimum absolute atomic E-state index is 0.0352. The Morgan fingerprint density at radius 3 is 2.39 bits per heavy atom. The lowest BCUT2D eigenvalue weighted by molar-refractivity contribution is -0.130. The van der Waals surface area contributed by atoms with Gasteiger partial charge < -0.3 is 9.80 Å². The Labute approximate surface area is 111 Å². The first-order chi connectivity index (χ1) is 8.59. The predicted octanol–water partition coefficient (Wildman–Crippen LogP) is 1.88. The van der Waals surface area contributed by atoms with Crippen LogP contribution in [0.25, 0.3) is 0 Å². The van der Waals surface area contributed by atoms with E-state index in [-0.39, 0.29) is 11.4 Å². The fraction of sp³-hybridized carbons (Fsp3) is 0.800. The zero-order chi connectivity index (χ0) is 13.2. The summed E-state index contributed by atoms with van der Waals surface area (Å²) in [5, 5.41) is 0. The number of amides is 1. The van der Waals surface area contributed by atoms with E-state index in [1.165, 1.54) is 0 Å². The van der Waals surface area contributed by atoms with E-state index in [0.29, 0.717) is 6.04 Å². The number of nitrogens with zero attached hydrogens (tertiary/aromatic N) is 2. The van der Waals surface area contributed by atoms with E-state index in [1.54, 1.807) is 6.92 Å². The van der Waals surface area contributed by atoms with Gasteiger partial charge in [-0.05, 0) is 52.4 Å². The topological polar surface area (TPSA) is 23.6 Å². The van der Waals surface area contributed by atoms with Crippen LogP contribution in [0.15, 0.2) is 0 Å². The van der Waals surface area contributed by atoms with Gasteiger partial charge in [-0.3, -0.25) is 4.79 Å². The molecule has 2 saturated heterocycles. The maximum atomic E-state index is 12.1. The number of piperidine rings is 1. The van der Waals surface area contributed by atoms with Crippen LogP contribution in [0.2, 0.25) is 0 Å². The third-order valence-corrected chi connectivity index (χ3v) is 4.53. The van der Waals surface area contributed by atoms with E-state index in [4.69, 9.17) is 0 Å². The van der Waals surface area contributed by atoms with E-state index in [0.717, 1.165) is 45.3 Å². The Hall–Kier alpha value is -1.01. The molecule has 1 spiro atoms. The molecule has 2 fully saturated rings. The highest BCUT2D eigenvalue weighted by Gasteiger charge is 2.45. The van der Waals surface area contributed by atoms with Crippen LogP contribution in [0.5, 0.6) is 0 Å². The van der Waals surface area contributed by atoms with E-state index in [9.17, 15) is 4.79 Å². The maximum Gasteiger partial charge on any atom is 0.298 e. The number of hydrogen-bond acceptors (Lipinski definition) is 2. The van der Waals surface area contributed by atoms with Gasteiger partial charge in [0.2, 0.25) is 0 Å². The minimum atomic E-state index is 0.0352. The Morgan fingerprint density at radius 1 is 1.17 bits per heavy atom. The molecule has 2 aliphatic rings. The highest BCUT2D eigenvalue weighted by molar-refractivity contribution is 5.94. The molecule has 2 heterocycles. The van der Waals surface area contributed by atoms with Crippen LogP contribution < -0.4 is 0 Å². The zero-order valence-corrected chi connectivity index (χ0v) is 11.8. The van der Waals surface area contributed by atoms with Gasteiger partial charge in [0, 0.05) is 31.2 Å². The minimum Gasteiger partial charge on any atom is -0.326 e. The summed E-state index contributed by atoms with van der Waals surface area (Å²) in [5.74, 6) is 5.49. The van der Waals surface area contributed by atoms with Crippen LogP contribution in [-0.2, 0) is 4.79 Å². The summed E-state index contributed by atoms with van der Waals surface area (Å²) in [4.78, 5) is 16.6. The van der Waals surface area contributed by atoms with Crippen LogP contribution in [0.1, 0.15) is 46.5 Å². The second-order valence-electron chi connectivity index (χ2n) is 5.79. The molecule has 0 radical (unpaired) electrons. The molecule has 0 aromatic rings. The van der Waals surface area contributed by atoms with Gasteiger partial charge >= 0.3 is 0 Å². The lowest BCUT2D eigenvalue weighted by atomic mass is 9.84. The second-order valence-corrected chi connectivity index (χ2v) is 5.79. The third kappa shape index (κ3) is 2.40. The molecule has 3 nitrogen and oxygen atoms in total. The first kappa shape index (κ1) is 13.4. The lowest BCUT2D eigenvalue weighted by Gasteiger charge is -2.45. The average molecular weight is 248 g/mol. The number of rotatable bonds is 1. The van der Waals surface area contributed by atoms with E-state index >= 15 is 0 Å². The molecule has 0 bridgehead atoms. The van der Waals surface area contributed by atoms with Gasteiger partial charge in [0.15, 0.2) is 0 Å². The van der Waals surface area contributed by atoms with Crippen molar-refractivity contribution in [1.29, 1.82) is 0 Å². The van der Waals surface area contributed by atoms with Gasteiger partial charge in [-0.25, -0.2) is 0 Å². The normalized spacial score (nSPS) is 23.2. The SMILES string of the molecule is CC#CC(=O)N1CCCC12CCN(C(C)C)CC2.